The van der Waals surface area contributed by atoms with Gasteiger partial charge in [0.05, 0.1) is 23.7 Å². The molecule has 2 aromatic carbocycles. The molecule has 2 aromatic rings. The van der Waals surface area contributed by atoms with E-state index in [0.717, 1.165) is 17.7 Å². The van der Waals surface area contributed by atoms with Gasteiger partial charge in [0.2, 0.25) is 0 Å². The van der Waals surface area contributed by atoms with Crippen molar-refractivity contribution in [2.75, 3.05) is 19.6 Å². The molecule has 2 amide bonds. The second kappa shape index (κ2) is 7.75. The van der Waals surface area contributed by atoms with Gasteiger partial charge in [-0.05, 0) is 29.8 Å². The highest BCUT2D eigenvalue weighted by atomic mass is 19.1. The monoisotopic (exact) mass is 411 g/mol. The van der Waals surface area contributed by atoms with Crippen molar-refractivity contribution in [3.05, 3.63) is 70.8 Å². The van der Waals surface area contributed by atoms with Gasteiger partial charge >= 0.3 is 6.09 Å². The number of nitriles is 1. The van der Waals surface area contributed by atoms with Crippen molar-refractivity contribution in [1.82, 2.24) is 9.80 Å². The van der Waals surface area contributed by atoms with E-state index in [0.29, 0.717) is 50.7 Å². The van der Waals surface area contributed by atoms with E-state index in [-0.39, 0.29) is 5.56 Å². The van der Waals surface area contributed by atoms with E-state index >= 15 is 0 Å². The van der Waals surface area contributed by atoms with Gasteiger partial charge in [-0.1, -0.05) is 12.1 Å². The summed E-state index contributed by atoms with van der Waals surface area (Å²) in [4.78, 5) is 28.1. The van der Waals surface area contributed by atoms with Gasteiger partial charge in [0, 0.05) is 38.5 Å². The second-order valence-electron chi connectivity index (χ2n) is 7.63. The molecule has 1 spiro atoms. The van der Waals surface area contributed by atoms with Crippen LogP contribution >= 0.6 is 0 Å². The van der Waals surface area contributed by atoms with Crippen molar-refractivity contribution in [2.24, 2.45) is 0 Å². The van der Waals surface area contributed by atoms with Crippen LogP contribution < -0.4 is 0 Å². The van der Waals surface area contributed by atoms with E-state index in [2.05, 4.69) is 6.07 Å². The number of hydrogen-bond acceptors (Lipinski definition) is 4. The molecule has 6 nitrogen and oxygen atoms in total. The largest absolute Gasteiger partial charge is 0.441 e. The highest BCUT2D eigenvalue weighted by Crippen LogP contribution is 2.34. The number of likely N-dealkylation sites (tertiary alicyclic amines) is 1. The summed E-state index contributed by atoms with van der Waals surface area (Å²) in [5.74, 6) is -2.12. The maximum atomic E-state index is 13.9. The zero-order chi connectivity index (χ0) is 21.3. The number of carbonyl (C=O) groups is 2. The lowest BCUT2D eigenvalue weighted by Gasteiger charge is -2.37. The second-order valence-corrected chi connectivity index (χ2v) is 7.63. The number of rotatable bonds is 3. The van der Waals surface area contributed by atoms with E-state index in [1.165, 1.54) is 4.90 Å². The number of piperidine rings is 1. The van der Waals surface area contributed by atoms with Crippen molar-refractivity contribution in [1.29, 1.82) is 5.26 Å². The van der Waals surface area contributed by atoms with Crippen molar-refractivity contribution in [2.45, 2.75) is 25.0 Å². The summed E-state index contributed by atoms with van der Waals surface area (Å²) in [5.41, 5.74) is 0.594. The van der Waals surface area contributed by atoms with Crippen LogP contribution in [-0.2, 0) is 11.3 Å². The van der Waals surface area contributed by atoms with Crippen LogP contribution in [0.3, 0.4) is 0 Å². The molecule has 0 bridgehead atoms. The Balaban J connectivity index is 1.38. The fourth-order valence-corrected chi connectivity index (χ4v) is 3.93. The Kier molecular flexibility index (Phi) is 5.12. The van der Waals surface area contributed by atoms with Crippen LogP contribution in [0.15, 0.2) is 42.5 Å². The molecular formula is C22H19F2N3O3. The number of ether oxygens (including phenoxy) is 1. The van der Waals surface area contributed by atoms with E-state index in [9.17, 15) is 18.4 Å². The highest BCUT2D eigenvalue weighted by Gasteiger charge is 2.47. The van der Waals surface area contributed by atoms with Gasteiger partial charge in [0.25, 0.3) is 5.91 Å². The van der Waals surface area contributed by atoms with Gasteiger partial charge in [-0.15, -0.1) is 0 Å². The fourth-order valence-electron chi connectivity index (χ4n) is 3.93. The van der Waals surface area contributed by atoms with Crippen molar-refractivity contribution in [3.63, 3.8) is 0 Å². The summed E-state index contributed by atoms with van der Waals surface area (Å²) in [6, 6.07) is 12.0. The van der Waals surface area contributed by atoms with E-state index in [4.69, 9.17) is 10.00 Å². The Morgan fingerprint density at radius 1 is 1.13 bits per heavy atom. The van der Waals surface area contributed by atoms with Crippen LogP contribution in [-0.4, -0.2) is 47.0 Å². The molecule has 2 saturated heterocycles. The third kappa shape index (κ3) is 3.83. The van der Waals surface area contributed by atoms with Crippen LogP contribution in [0.2, 0.25) is 0 Å². The number of benzene rings is 2. The molecule has 0 radical (unpaired) electrons. The Hall–Kier alpha value is -3.47. The Labute approximate surface area is 172 Å². The lowest BCUT2D eigenvalue weighted by Crippen LogP contribution is -2.48. The van der Waals surface area contributed by atoms with E-state index < -0.39 is 29.2 Å². The van der Waals surface area contributed by atoms with Crippen LogP contribution in [0.25, 0.3) is 0 Å². The molecule has 4 rings (SSSR count). The molecule has 2 heterocycles. The standard InChI is InChI=1S/C22H19F2N3O3/c23-17-5-6-18(19(24)11-17)20(28)26-9-7-22(8-10-26)14-27(21(29)30-22)13-16-3-1-15(12-25)2-4-16/h1-6,11H,7-10,13-14H2. The summed E-state index contributed by atoms with van der Waals surface area (Å²) in [7, 11) is 0. The molecule has 30 heavy (non-hydrogen) atoms. The first kappa shape index (κ1) is 19.8. The first-order valence-electron chi connectivity index (χ1n) is 9.60. The lowest BCUT2D eigenvalue weighted by molar-refractivity contribution is 0.00302. The number of carbonyl (C=O) groups excluding carboxylic acids is 2. The average molecular weight is 411 g/mol. The average Bonchev–Trinajstić information content (AvgIpc) is 3.03. The van der Waals surface area contributed by atoms with Crippen molar-refractivity contribution < 1.29 is 23.1 Å². The fraction of sp³-hybridized carbons (Fsp3) is 0.318. The molecular weight excluding hydrogens is 392 g/mol. The van der Waals surface area contributed by atoms with Crippen LogP contribution in [0.1, 0.15) is 34.3 Å². The smallest absolute Gasteiger partial charge is 0.410 e. The van der Waals surface area contributed by atoms with Crippen molar-refractivity contribution >= 4 is 12.0 Å². The molecule has 2 fully saturated rings. The zero-order valence-electron chi connectivity index (χ0n) is 16.1. The van der Waals surface area contributed by atoms with Gasteiger partial charge in [-0.2, -0.15) is 5.26 Å². The third-order valence-corrected chi connectivity index (χ3v) is 5.62. The van der Waals surface area contributed by atoms with Gasteiger partial charge in [0.15, 0.2) is 0 Å². The minimum absolute atomic E-state index is 0.168. The molecule has 0 N–H and O–H groups in total. The summed E-state index contributed by atoms with van der Waals surface area (Å²) in [6.07, 6.45) is 0.470. The summed E-state index contributed by atoms with van der Waals surface area (Å²) < 4.78 is 32.7. The van der Waals surface area contributed by atoms with Crippen LogP contribution in [0.5, 0.6) is 0 Å². The molecule has 0 saturated carbocycles. The minimum Gasteiger partial charge on any atom is -0.441 e. The molecule has 8 heteroatoms. The predicted octanol–water partition coefficient (Wildman–Crippen LogP) is 3.46. The SMILES string of the molecule is N#Cc1ccc(CN2CC3(CCN(C(=O)c4ccc(F)cc4F)CC3)OC2=O)cc1. The van der Waals surface area contributed by atoms with E-state index in [1.54, 1.807) is 29.2 Å². The Morgan fingerprint density at radius 2 is 1.83 bits per heavy atom. The van der Waals surface area contributed by atoms with E-state index in [1.807, 2.05) is 0 Å². The summed E-state index contributed by atoms with van der Waals surface area (Å²) in [5, 5.41) is 8.88. The maximum absolute atomic E-state index is 13.9. The predicted molar refractivity (Wildman–Crippen MR) is 102 cm³/mol. The number of nitrogens with zero attached hydrogens (tertiary/aromatic N) is 3. The van der Waals surface area contributed by atoms with Gasteiger partial charge in [0.1, 0.15) is 17.2 Å². The first-order valence-corrected chi connectivity index (χ1v) is 9.60. The topological polar surface area (TPSA) is 73.6 Å². The number of halogens is 2. The highest BCUT2D eigenvalue weighted by molar-refractivity contribution is 5.94. The Morgan fingerprint density at radius 3 is 2.47 bits per heavy atom. The van der Waals surface area contributed by atoms with Gasteiger partial charge < -0.3 is 9.64 Å². The molecule has 0 unspecified atom stereocenters. The van der Waals surface area contributed by atoms with Gasteiger partial charge in [-0.25, -0.2) is 13.6 Å². The normalized spacial score (nSPS) is 17.7. The third-order valence-electron chi connectivity index (χ3n) is 5.62. The summed E-state index contributed by atoms with van der Waals surface area (Å²) in [6.45, 7) is 1.40. The van der Waals surface area contributed by atoms with Crippen molar-refractivity contribution in [3.8, 4) is 6.07 Å². The lowest BCUT2D eigenvalue weighted by atomic mass is 9.91. The molecule has 0 aliphatic carbocycles. The van der Waals surface area contributed by atoms with Crippen LogP contribution in [0, 0.1) is 23.0 Å². The number of amides is 2. The quantitative estimate of drug-likeness (QED) is 0.775. The molecule has 0 atom stereocenters. The minimum atomic E-state index is -0.888. The summed E-state index contributed by atoms with van der Waals surface area (Å²) >= 11 is 0. The number of hydrogen-bond donors (Lipinski definition) is 0. The maximum Gasteiger partial charge on any atom is 0.410 e. The van der Waals surface area contributed by atoms with Crippen LogP contribution in [0.4, 0.5) is 13.6 Å². The molecule has 154 valence electrons. The molecule has 2 aliphatic heterocycles. The van der Waals surface area contributed by atoms with Gasteiger partial charge in [-0.3, -0.25) is 9.69 Å². The molecule has 2 aliphatic rings. The first-order chi connectivity index (χ1) is 14.4. The zero-order valence-corrected chi connectivity index (χ0v) is 16.1. The Bertz CT molecular complexity index is 1020. The molecule has 0 aromatic heterocycles.